The van der Waals surface area contributed by atoms with E-state index in [9.17, 15) is 13.2 Å². The summed E-state index contributed by atoms with van der Waals surface area (Å²) in [6, 6.07) is 18.6. The van der Waals surface area contributed by atoms with E-state index in [1.54, 1.807) is 30.3 Å². The molecule has 33 heavy (non-hydrogen) atoms. The molecule has 0 fully saturated rings. The fraction of sp³-hybridized carbons (Fsp3) is 0.130. The molecule has 0 heterocycles. The molecule has 3 aromatic rings. The molecule has 6 nitrogen and oxygen atoms in total. The third-order valence-electron chi connectivity index (χ3n) is 4.65. The molecule has 10 heteroatoms. The van der Waals surface area contributed by atoms with Crippen molar-refractivity contribution in [1.82, 2.24) is 9.73 Å². The minimum atomic E-state index is -4.03. The summed E-state index contributed by atoms with van der Waals surface area (Å²) in [5, 5.41) is 4.53. The molecule has 172 valence electrons. The van der Waals surface area contributed by atoms with Crippen molar-refractivity contribution in [2.24, 2.45) is 5.10 Å². The number of halogens is 3. The Kier molecular flexibility index (Phi) is 8.67. The Hall–Kier alpha value is -2.23. The average Bonchev–Trinajstić information content (AvgIpc) is 2.77. The van der Waals surface area contributed by atoms with Crippen molar-refractivity contribution in [3.63, 3.8) is 0 Å². The Morgan fingerprint density at radius 3 is 2.24 bits per heavy atom. The highest BCUT2D eigenvalue weighted by Gasteiger charge is 2.28. The molecular formula is C23H20BrCl2N3O3S. The van der Waals surface area contributed by atoms with Gasteiger partial charge in [-0.05, 0) is 48.9 Å². The first-order valence-corrected chi connectivity index (χ1v) is 12.7. The van der Waals surface area contributed by atoms with Crippen LogP contribution in [0.2, 0.25) is 10.0 Å². The van der Waals surface area contributed by atoms with Gasteiger partial charge in [0.25, 0.3) is 5.91 Å². The predicted octanol–water partition coefficient (Wildman–Crippen LogP) is 5.41. The zero-order valence-corrected chi connectivity index (χ0v) is 21.4. The topological polar surface area (TPSA) is 78.8 Å². The van der Waals surface area contributed by atoms with E-state index in [4.69, 9.17) is 23.2 Å². The van der Waals surface area contributed by atoms with Gasteiger partial charge in [0.15, 0.2) is 0 Å². The fourth-order valence-corrected chi connectivity index (χ4v) is 5.01. The lowest BCUT2D eigenvalue weighted by atomic mass is 10.2. The molecule has 0 saturated carbocycles. The number of nitrogens with zero attached hydrogens (tertiary/aromatic N) is 2. The number of benzene rings is 3. The number of hydrazone groups is 1. The van der Waals surface area contributed by atoms with Crippen LogP contribution in [0, 0.1) is 6.92 Å². The minimum Gasteiger partial charge on any atom is -0.272 e. The van der Waals surface area contributed by atoms with Gasteiger partial charge in [-0.15, -0.1) is 0 Å². The fourth-order valence-electron chi connectivity index (χ4n) is 2.87. The summed E-state index contributed by atoms with van der Waals surface area (Å²) >= 11 is 15.9. The second kappa shape index (κ2) is 11.3. The summed E-state index contributed by atoms with van der Waals surface area (Å²) in [5.41, 5.74) is 4.46. The van der Waals surface area contributed by atoms with Gasteiger partial charge < -0.3 is 0 Å². The largest absolute Gasteiger partial charge is 0.272 e. The maximum atomic E-state index is 13.4. The van der Waals surface area contributed by atoms with Crippen molar-refractivity contribution in [3.05, 3.63) is 97.9 Å². The molecule has 0 radical (unpaired) electrons. The summed E-state index contributed by atoms with van der Waals surface area (Å²) in [4.78, 5) is 12.6. The van der Waals surface area contributed by atoms with Crippen molar-refractivity contribution in [2.75, 3.05) is 6.54 Å². The van der Waals surface area contributed by atoms with Crippen molar-refractivity contribution in [1.29, 1.82) is 0 Å². The van der Waals surface area contributed by atoms with Gasteiger partial charge >= 0.3 is 0 Å². The van der Waals surface area contributed by atoms with Crippen LogP contribution in [0.3, 0.4) is 0 Å². The van der Waals surface area contributed by atoms with Crippen molar-refractivity contribution < 1.29 is 13.2 Å². The Balaban J connectivity index is 1.84. The van der Waals surface area contributed by atoms with Crippen LogP contribution < -0.4 is 5.43 Å². The number of carbonyl (C=O) groups is 1. The van der Waals surface area contributed by atoms with Crippen LogP contribution in [0.15, 0.2) is 81.2 Å². The first-order valence-electron chi connectivity index (χ1n) is 9.74. The van der Waals surface area contributed by atoms with Crippen LogP contribution in [0.25, 0.3) is 0 Å². The first-order chi connectivity index (χ1) is 15.7. The van der Waals surface area contributed by atoms with Gasteiger partial charge in [0.1, 0.15) is 0 Å². The molecule has 0 unspecified atom stereocenters. The van der Waals surface area contributed by atoms with Crippen LogP contribution in [0.1, 0.15) is 16.7 Å². The molecule has 1 amide bonds. The van der Waals surface area contributed by atoms with Crippen LogP contribution in [0.4, 0.5) is 0 Å². The number of hydrogen-bond donors (Lipinski definition) is 1. The molecule has 3 aromatic carbocycles. The van der Waals surface area contributed by atoms with Crippen LogP contribution in [-0.2, 0) is 21.4 Å². The van der Waals surface area contributed by atoms with E-state index < -0.39 is 22.5 Å². The zero-order chi connectivity index (χ0) is 24.0. The summed E-state index contributed by atoms with van der Waals surface area (Å²) in [6.07, 6.45) is 1.47. The normalized spacial score (nSPS) is 11.8. The summed E-state index contributed by atoms with van der Waals surface area (Å²) < 4.78 is 28.6. The molecule has 0 aliphatic heterocycles. The number of nitrogens with one attached hydrogen (secondary N) is 1. The Labute approximate surface area is 211 Å². The quantitative estimate of drug-likeness (QED) is 0.292. The van der Waals surface area contributed by atoms with E-state index in [1.807, 2.05) is 31.2 Å². The van der Waals surface area contributed by atoms with Crippen molar-refractivity contribution in [3.8, 4) is 0 Å². The maximum Gasteiger partial charge on any atom is 0.255 e. The monoisotopic (exact) mass is 567 g/mol. The highest BCUT2D eigenvalue weighted by atomic mass is 79.9. The Morgan fingerprint density at radius 1 is 1.03 bits per heavy atom. The van der Waals surface area contributed by atoms with Gasteiger partial charge in [-0.25, -0.2) is 13.8 Å². The van der Waals surface area contributed by atoms with Crippen LogP contribution >= 0.6 is 39.1 Å². The third-order valence-corrected chi connectivity index (χ3v) is 7.69. The molecule has 0 atom stereocenters. The van der Waals surface area contributed by atoms with Crippen molar-refractivity contribution in [2.45, 2.75) is 18.4 Å². The van der Waals surface area contributed by atoms with E-state index >= 15 is 0 Å². The summed E-state index contributed by atoms with van der Waals surface area (Å²) in [7, 11) is -4.03. The van der Waals surface area contributed by atoms with Crippen molar-refractivity contribution >= 4 is 61.3 Å². The van der Waals surface area contributed by atoms with Gasteiger partial charge in [-0.1, -0.05) is 75.0 Å². The molecule has 0 aliphatic carbocycles. The maximum absolute atomic E-state index is 13.4. The standard InChI is InChI=1S/C23H20BrCl2N3O3S/c1-16-5-11-19(12-6-16)33(31,32)29(14-20-21(25)3-2-4-22(20)26)15-23(30)28-27-13-17-7-9-18(24)10-8-17/h2-13H,14-15H2,1H3,(H,28,30)/b27-13-. The first kappa shape index (κ1) is 25.4. The smallest absolute Gasteiger partial charge is 0.255 e. The van der Waals surface area contributed by atoms with Gasteiger partial charge in [0.05, 0.1) is 17.7 Å². The molecule has 1 N–H and O–H groups in total. The van der Waals surface area contributed by atoms with E-state index in [2.05, 4.69) is 26.5 Å². The zero-order valence-electron chi connectivity index (χ0n) is 17.5. The second-order valence-electron chi connectivity index (χ2n) is 7.13. The van der Waals surface area contributed by atoms with E-state index in [0.29, 0.717) is 15.6 Å². The lowest BCUT2D eigenvalue weighted by Gasteiger charge is -2.22. The molecular weight excluding hydrogens is 549 g/mol. The number of sulfonamides is 1. The SMILES string of the molecule is Cc1ccc(S(=O)(=O)N(CC(=O)N/N=C\c2ccc(Br)cc2)Cc2c(Cl)cccc2Cl)cc1. The number of amides is 1. The second-order valence-corrected chi connectivity index (χ2v) is 10.8. The highest BCUT2D eigenvalue weighted by Crippen LogP contribution is 2.28. The molecule has 0 spiro atoms. The van der Waals surface area contributed by atoms with Gasteiger partial charge in [0, 0.05) is 26.6 Å². The molecule has 0 saturated heterocycles. The molecule has 0 aliphatic rings. The number of aryl methyl sites for hydroxylation is 1. The molecule has 0 bridgehead atoms. The highest BCUT2D eigenvalue weighted by molar-refractivity contribution is 9.10. The Bertz CT molecular complexity index is 1240. The Morgan fingerprint density at radius 2 is 1.64 bits per heavy atom. The van der Waals surface area contributed by atoms with Gasteiger partial charge in [-0.3, -0.25) is 4.79 Å². The predicted molar refractivity (Wildman–Crippen MR) is 135 cm³/mol. The van der Waals surface area contributed by atoms with E-state index in [0.717, 1.165) is 19.9 Å². The summed E-state index contributed by atoms with van der Waals surface area (Å²) in [5.74, 6) is -0.609. The van der Waals surface area contributed by atoms with Crippen LogP contribution in [-0.4, -0.2) is 31.4 Å². The van der Waals surface area contributed by atoms with Gasteiger partial charge in [0.2, 0.25) is 10.0 Å². The lowest BCUT2D eigenvalue weighted by molar-refractivity contribution is -0.121. The summed E-state index contributed by atoms with van der Waals surface area (Å²) in [6.45, 7) is 1.20. The number of rotatable bonds is 8. The third kappa shape index (κ3) is 6.88. The lowest BCUT2D eigenvalue weighted by Crippen LogP contribution is -2.39. The van der Waals surface area contributed by atoms with E-state index in [-0.39, 0.29) is 11.4 Å². The van der Waals surface area contributed by atoms with E-state index in [1.165, 1.54) is 18.3 Å². The van der Waals surface area contributed by atoms with Gasteiger partial charge in [-0.2, -0.15) is 9.41 Å². The number of carbonyl (C=O) groups excluding carboxylic acids is 1. The molecule has 3 rings (SSSR count). The number of hydrogen-bond acceptors (Lipinski definition) is 4. The molecule has 0 aromatic heterocycles. The van der Waals surface area contributed by atoms with Crippen LogP contribution in [0.5, 0.6) is 0 Å². The minimum absolute atomic E-state index is 0.0578. The average molecular weight is 569 g/mol.